The molecule has 4 N–H and O–H groups in total. The maximum atomic E-state index is 12.8. The van der Waals surface area contributed by atoms with Crippen molar-refractivity contribution in [1.82, 2.24) is 4.57 Å². The van der Waals surface area contributed by atoms with Crippen molar-refractivity contribution in [2.45, 2.75) is 6.61 Å². The summed E-state index contributed by atoms with van der Waals surface area (Å²) in [6.45, 7) is -0.346. The Morgan fingerprint density at radius 1 is 1.21 bits per heavy atom. The van der Waals surface area contributed by atoms with Gasteiger partial charge in [0.15, 0.2) is 0 Å². The highest BCUT2D eigenvalue weighted by Gasteiger charge is 2.18. The van der Waals surface area contributed by atoms with E-state index in [2.05, 4.69) is 0 Å². The SMILES string of the molecule is O=C(c1ccc(Cl)c(N(O)O)c1)n1cc(CO)c2c(O)cccc21. The molecule has 0 atom stereocenters. The van der Waals surface area contributed by atoms with Gasteiger partial charge in [-0.1, -0.05) is 17.7 Å². The molecule has 3 rings (SSSR count). The second kappa shape index (κ2) is 6.14. The van der Waals surface area contributed by atoms with E-state index >= 15 is 0 Å². The standard InChI is InChI=1S/C16H13ClN2O5/c17-11-5-4-9(6-13(11)19(23)24)16(22)18-7-10(8-20)15-12(18)2-1-3-14(15)21/h1-7,20-21,23-24H,8H2. The molecule has 0 saturated carbocycles. The summed E-state index contributed by atoms with van der Waals surface area (Å²) in [4.78, 5) is 12.8. The molecule has 0 aliphatic carbocycles. The van der Waals surface area contributed by atoms with Gasteiger partial charge in [0.2, 0.25) is 0 Å². The van der Waals surface area contributed by atoms with Gasteiger partial charge >= 0.3 is 0 Å². The van der Waals surface area contributed by atoms with Crippen LogP contribution < -0.4 is 5.23 Å². The number of carbonyl (C=O) groups is 1. The Morgan fingerprint density at radius 3 is 2.62 bits per heavy atom. The zero-order valence-corrected chi connectivity index (χ0v) is 13.0. The van der Waals surface area contributed by atoms with Crippen LogP contribution in [0.1, 0.15) is 15.9 Å². The molecule has 3 aromatic rings. The number of halogens is 1. The number of rotatable bonds is 3. The molecule has 0 aliphatic heterocycles. The average Bonchev–Trinajstić information content (AvgIpc) is 2.94. The fourth-order valence-corrected chi connectivity index (χ4v) is 2.77. The lowest BCUT2D eigenvalue weighted by atomic mass is 10.1. The summed E-state index contributed by atoms with van der Waals surface area (Å²) < 4.78 is 1.27. The Balaban J connectivity index is 2.16. The van der Waals surface area contributed by atoms with Crippen molar-refractivity contribution in [2.24, 2.45) is 0 Å². The second-order valence-corrected chi connectivity index (χ2v) is 5.52. The quantitative estimate of drug-likeness (QED) is 0.542. The molecule has 0 aliphatic rings. The molecule has 0 saturated heterocycles. The van der Waals surface area contributed by atoms with Gasteiger partial charge < -0.3 is 10.2 Å². The zero-order valence-electron chi connectivity index (χ0n) is 12.2. The second-order valence-electron chi connectivity index (χ2n) is 5.11. The van der Waals surface area contributed by atoms with E-state index in [-0.39, 0.29) is 33.9 Å². The Labute approximate surface area is 141 Å². The van der Waals surface area contributed by atoms with Gasteiger partial charge in [-0.05, 0) is 30.3 Å². The Hall–Kier alpha value is -2.58. The van der Waals surface area contributed by atoms with Crippen molar-refractivity contribution in [1.29, 1.82) is 0 Å². The minimum absolute atomic E-state index is 0.0446. The number of benzene rings is 2. The molecule has 0 unspecified atom stereocenters. The van der Waals surface area contributed by atoms with E-state index < -0.39 is 5.91 Å². The average molecular weight is 349 g/mol. The number of aliphatic hydroxyl groups is 1. The Bertz CT molecular complexity index is 936. The van der Waals surface area contributed by atoms with Crippen LogP contribution in [0.3, 0.4) is 0 Å². The number of phenolic OH excluding ortho intramolecular Hbond substituents is 1. The van der Waals surface area contributed by atoms with Crippen LogP contribution in [0.25, 0.3) is 10.9 Å². The molecule has 1 heterocycles. The normalized spacial score (nSPS) is 11.0. The predicted octanol–water partition coefficient (Wildman–Crippen LogP) is 2.77. The topological polar surface area (TPSA) is 106 Å². The first-order chi connectivity index (χ1) is 11.4. The summed E-state index contributed by atoms with van der Waals surface area (Å²) in [6, 6.07) is 8.70. The van der Waals surface area contributed by atoms with Crippen LogP contribution in [0.15, 0.2) is 42.6 Å². The molecule has 2 aromatic carbocycles. The third-order valence-electron chi connectivity index (χ3n) is 3.68. The van der Waals surface area contributed by atoms with Crippen LogP contribution in [0.2, 0.25) is 5.02 Å². The molecule has 0 radical (unpaired) electrons. The lowest BCUT2D eigenvalue weighted by molar-refractivity contribution is 0.0292. The molecule has 7 nitrogen and oxygen atoms in total. The lowest BCUT2D eigenvalue weighted by Gasteiger charge is -2.12. The summed E-state index contributed by atoms with van der Waals surface area (Å²) in [6.07, 6.45) is 1.43. The minimum atomic E-state index is -0.481. The first-order valence-electron chi connectivity index (χ1n) is 6.89. The number of hydrogen-bond acceptors (Lipinski definition) is 6. The van der Waals surface area contributed by atoms with Crippen molar-refractivity contribution in [3.8, 4) is 5.75 Å². The highest BCUT2D eigenvalue weighted by atomic mass is 35.5. The number of aromatic nitrogens is 1. The molecular weight excluding hydrogens is 336 g/mol. The summed E-state index contributed by atoms with van der Waals surface area (Å²) in [7, 11) is 0. The largest absolute Gasteiger partial charge is 0.507 e. The first-order valence-corrected chi connectivity index (χ1v) is 7.26. The van der Waals surface area contributed by atoms with Crippen molar-refractivity contribution >= 4 is 34.1 Å². The van der Waals surface area contributed by atoms with E-state index in [1.807, 2.05) is 0 Å². The van der Waals surface area contributed by atoms with Gasteiger partial charge in [-0.15, -0.1) is 5.23 Å². The number of hydrogen-bond donors (Lipinski definition) is 4. The van der Waals surface area contributed by atoms with E-state index in [0.717, 1.165) is 0 Å². The molecule has 24 heavy (non-hydrogen) atoms. The number of phenols is 1. The number of aromatic hydroxyl groups is 1. The van der Waals surface area contributed by atoms with Crippen molar-refractivity contribution < 1.29 is 25.4 Å². The summed E-state index contributed by atoms with van der Waals surface area (Å²) >= 11 is 5.84. The third-order valence-corrected chi connectivity index (χ3v) is 4.00. The molecule has 0 spiro atoms. The van der Waals surface area contributed by atoms with Crippen LogP contribution >= 0.6 is 11.6 Å². The smallest absolute Gasteiger partial charge is 0.262 e. The van der Waals surface area contributed by atoms with E-state index in [4.69, 9.17) is 22.0 Å². The number of nitrogens with zero attached hydrogens (tertiary/aromatic N) is 2. The van der Waals surface area contributed by atoms with Crippen LogP contribution in [-0.2, 0) is 6.61 Å². The van der Waals surface area contributed by atoms with Crippen LogP contribution in [0, 0.1) is 0 Å². The first kappa shape index (κ1) is 16.3. The molecule has 124 valence electrons. The van der Waals surface area contributed by atoms with E-state index in [9.17, 15) is 15.0 Å². The minimum Gasteiger partial charge on any atom is -0.507 e. The molecular formula is C16H13ClN2O5. The Morgan fingerprint density at radius 2 is 1.96 bits per heavy atom. The number of aliphatic hydroxyl groups excluding tert-OH is 1. The van der Waals surface area contributed by atoms with Gasteiger partial charge in [0, 0.05) is 22.7 Å². The summed E-state index contributed by atoms with van der Waals surface area (Å²) in [5.41, 5.74) is 0.818. The zero-order chi connectivity index (χ0) is 17.4. The van der Waals surface area contributed by atoms with Gasteiger partial charge in [-0.2, -0.15) is 0 Å². The van der Waals surface area contributed by atoms with Gasteiger partial charge in [-0.25, -0.2) is 0 Å². The van der Waals surface area contributed by atoms with Gasteiger partial charge in [0.1, 0.15) is 11.4 Å². The van der Waals surface area contributed by atoms with Gasteiger partial charge in [0.05, 0.1) is 17.1 Å². The number of fused-ring (bicyclic) bond motifs is 1. The third kappa shape index (κ3) is 2.59. The molecule has 1 aromatic heterocycles. The highest BCUT2D eigenvalue weighted by molar-refractivity contribution is 6.33. The maximum absolute atomic E-state index is 12.8. The fraction of sp³-hybridized carbons (Fsp3) is 0.0625. The monoisotopic (exact) mass is 348 g/mol. The number of carbonyl (C=O) groups excluding carboxylic acids is 1. The maximum Gasteiger partial charge on any atom is 0.262 e. The van der Waals surface area contributed by atoms with Crippen LogP contribution in [0.5, 0.6) is 5.75 Å². The van der Waals surface area contributed by atoms with Gasteiger partial charge in [-0.3, -0.25) is 19.8 Å². The molecule has 0 amide bonds. The van der Waals surface area contributed by atoms with Crippen LogP contribution in [0.4, 0.5) is 5.69 Å². The summed E-state index contributed by atoms with van der Waals surface area (Å²) in [5.74, 6) is -0.526. The number of anilines is 1. The van der Waals surface area contributed by atoms with Crippen LogP contribution in [-0.4, -0.2) is 31.1 Å². The van der Waals surface area contributed by atoms with E-state index in [1.54, 1.807) is 12.1 Å². The van der Waals surface area contributed by atoms with Gasteiger partial charge in [0.25, 0.3) is 5.91 Å². The van der Waals surface area contributed by atoms with Crippen molar-refractivity contribution in [3.63, 3.8) is 0 Å². The predicted molar refractivity (Wildman–Crippen MR) is 86.8 cm³/mol. The molecule has 8 heteroatoms. The summed E-state index contributed by atoms with van der Waals surface area (Å²) in [5, 5.41) is 38.0. The lowest BCUT2D eigenvalue weighted by Crippen LogP contribution is -2.15. The molecule has 0 fully saturated rings. The fourth-order valence-electron chi connectivity index (χ4n) is 2.57. The van der Waals surface area contributed by atoms with E-state index in [0.29, 0.717) is 16.5 Å². The Kier molecular flexibility index (Phi) is 4.16. The van der Waals surface area contributed by atoms with E-state index in [1.165, 1.54) is 35.0 Å². The molecule has 0 bridgehead atoms. The van der Waals surface area contributed by atoms with Crippen molar-refractivity contribution in [3.05, 3.63) is 58.7 Å². The highest BCUT2D eigenvalue weighted by Crippen LogP contribution is 2.31. The van der Waals surface area contributed by atoms with Crippen molar-refractivity contribution in [2.75, 3.05) is 5.23 Å².